The molecule has 1 aliphatic rings. The van der Waals surface area contributed by atoms with Crippen LogP contribution in [0, 0.1) is 0 Å². The second-order valence-corrected chi connectivity index (χ2v) is 5.67. The van der Waals surface area contributed by atoms with Crippen LogP contribution in [0.5, 0.6) is 0 Å². The molecule has 86 valence electrons. The molecule has 0 bridgehead atoms. The van der Waals surface area contributed by atoms with Crippen LogP contribution in [0.25, 0.3) is 0 Å². The number of ether oxygens (including phenoxy) is 1. The molecule has 0 radical (unpaired) electrons. The average molecular weight is 248 g/mol. The van der Waals surface area contributed by atoms with E-state index in [1.807, 2.05) is 10.8 Å². The van der Waals surface area contributed by atoms with Crippen LogP contribution in [-0.2, 0) is 9.53 Å². The van der Waals surface area contributed by atoms with E-state index in [0.29, 0.717) is 11.7 Å². The standard InChI is InChI=1S/C10H16O3S2/c11-6-7-13-10(12)4-2-1-3-9-5-8-14-15-9/h5,8-9,11H,1-4,6-7H2. The van der Waals surface area contributed by atoms with Crippen LogP contribution in [0.4, 0.5) is 0 Å². The van der Waals surface area contributed by atoms with Crippen molar-refractivity contribution in [2.75, 3.05) is 13.2 Å². The Kier molecular flexibility index (Phi) is 6.96. The summed E-state index contributed by atoms with van der Waals surface area (Å²) >= 11 is 0. The molecule has 0 spiro atoms. The zero-order valence-corrected chi connectivity index (χ0v) is 10.2. The van der Waals surface area contributed by atoms with E-state index in [0.717, 1.165) is 19.3 Å². The van der Waals surface area contributed by atoms with E-state index in [4.69, 9.17) is 9.84 Å². The molecule has 3 nitrogen and oxygen atoms in total. The predicted octanol–water partition coefficient (Wildman–Crippen LogP) is 2.36. The van der Waals surface area contributed by atoms with Gasteiger partial charge in [-0.25, -0.2) is 0 Å². The first-order valence-electron chi connectivity index (χ1n) is 5.08. The Balaban J connectivity index is 1.91. The van der Waals surface area contributed by atoms with E-state index in [2.05, 4.69) is 11.5 Å². The lowest BCUT2D eigenvalue weighted by molar-refractivity contribution is -0.144. The number of carbonyl (C=O) groups excluding carboxylic acids is 1. The summed E-state index contributed by atoms with van der Waals surface area (Å²) in [7, 11) is 3.65. The second-order valence-electron chi connectivity index (χ2n) is 3.25. The van der Waals surface area contributed by atoms with Crippen molar-refractivity contribution in [1.29, 1.82) is 0 Å². The molecule has 1 aliphatic heterocycles. The highest BCUT2D eigenvalue weighted by molar-refractivity contribution is 8.78. The van der Waals surface area contributed by atoms with Crippen molar-refractivity contribution in [3.05, 3.63) is 11.5 Å². The van der Waals surface area contributed by atoms with Gasteiger partial charge in [0.05, 0.1) is 6.61 Å². The van der Waals surface area contributed by atoms with Gasteiger partial charge in [0.15, 0.2) is 0 Å². The van der Waals surface area contributed by atoms with E-state index in [-0.39, 0.29) is 19.2 Å². The van der Waals surface area contributed by atoms with Gasteiger partial charge >= 0.3 is 5.97 Å². The summed E-state index contributed by atoms with van der Waals surface area (Å²) in [6, 6.07) is 0. The number of aliphatic hydroxyl groups is 1. The van der Waals surface area contributed by atoms with E-state index in [1.165, 1.54) is 0 Å². The van der Waals surface area contributed by atoms with Crippen molar-refractivity contribution < 1.29 is 14.6 Å². The fraction of sp³-hybridized carbons (Fsp3) is 0.700. The second kappa shape index (κ2) is 8.07. The third kappa shape index (κ3) is 6.12. The van der Waals surface area contributed by atoms with Gasteiger partial charge in [-0.3, -0.25) is 4.79 Å². The van der Waals surface area contributed by atoms with Crippen LogP contribution in [0.2, 0.25) is 0 Å². The summed E-state index contributed by atoms with van der Waals surface area (Å²) in [6.45, 7) is 0.0309. The van der Waals surface area contributed by atoms with Crippen LogP contribution < -0.4 is 0 Å². The molecule has 1 N–H and O–H groups in total. The van der Waals surface area contributed by atoms with Crippen molar-refractivity contribution in [3.8, 4) is 0 Å². The molecule has 5 heteroatoms. The molecule has 0 saturated heterocycles. The first-order valence-corrected chi connectivity index (χ1v) is 7.36. The van der Waals surface area contributed by atoms with Crippen LogP contribution in [0.1, 0.15) is 25.7 Å². The summed E-state index contributed by atoms with van der Waals surface area (Å²) in [5, 5.41) is 11.2. The van der Waals surface area contributed by atoms with Crippen molar-refractivity contribution >= 4 is 27.6 Å². The minimum Gasteiger partial charge on any atom is -0.463 e. The smallest absolute Gasteiger partial charge is 0.305 e. The first-order chi connectivity index (χ1) is 7.33. The molecule has 0 aromatic rings. The summed E-state index contributed by atoms with van der Waals surface area (Å²) in [5.41, 5.74) is 0. The predicted molar refractivity (Wildman–Crippen MR) is 64.6 cm³/mol. The highest BCUT2D eigenvalue weighted by atomic mass is 33.1. The molecule has 0 aliphatic carbocycles. The normalized spacial score (nSPS) is 19.4. The number of carbonyl (C=O) groups is 1. The van der Waals surface area contributed by atoms with Gasteiger partial charge in [-0.05, 0) is 18.2 Å². The van der Waals surface area contributed by atoms with Gasteiger partial charge in [0.25, 0.3) is 0 Å². The lowest BCUT2D eigenvalue weighted by atomic mass is 10.1. The van der Waals surface area contributed by atoms with Gasteiger partial charge in [0.1, 0.15) is 6.61 Å². The summed E-state index contributed by atoms with van der Waals surface area (Å²) < 4.78 is 4.75. The van der Waals surface area contributed by atoms with Crippen molar-refractivity contribution in [3.63, 3.8) is 0 Å². The average Bonchev–Trinajstić information content (AvgIpc) is 2.74. The molecule has 0 aromatic heterocycles. The maximum absolute atomic E-state index is 11.0. The molecule has 0 aromatic carbocycles. The number of hydrogen-bond donors (Lipinski definition) is 1. The molecule has 15 heavy (non-hydrogen) atoms. The van der Waals surface area contributed by atoms with Crippen LogP contribution in [0.15, 0.2) is 11.5 Å². The summed E-state index contributed by atoms with van der Waals surface area (Å²) in [6.07, 6.45) is 5.73. The highest BCUT2D eigenvalue weighted by Gasteiger charge is 2.10. The molecule has 1 heterocycles. The topological polar surface area (TPSA) is 46.5 Å². The quantitative estimate of drug-likeness (QED) is 0.426. The Morgan fingerprint density at radius 3 is 3.00 bits per heavy atom. The third-order valence-electron chi connectivity index (χ3n) is 2.00. The van der Waals surface area contributed by atoms with E-state index in [9.17, 15) is 4.79 Å². The van der Waals surface area contributed by atoms with Gasteiger partial charge in [-0.2, -0.15) is 0 Å². The highest BCUT2D eigenvalue weighted by Crippen LogP contribution is 2.37. The van der Waals surface area contributed by atoms with Gasteiger partial charge in [-0.15, -0.1) is 0 Å². The largest absolute Gasteiger partial charge is 0.463 e. The monoisotopic (exact) mass is 248 g/mol. The number of hydrogen-bond acceptors (Lipinski definition) is 5. The van der Waals surface area contributed by atoms with Crippen molar-refractivity contribution in [2.45, 2.75) is 30.9 Å². The SMILES string of the molecule is O=C(CCCCC1C=CSS1)OCCO. The summed E-state index contributed by atoms with van der Waals surface area (Å²) in [5.74, 6) is -0.201. The van der Waals surface area contributed by atoms with E-state index in [1.54, 1.807) is 10.8 Å². The maximum Gasteiger partial charge on any atom is 0.305 e. The van der Waals surface area contributed by atoms with Crippen LogP contribution in [-0.4, -0.2) is 29.5 Å². The summed E-state index contributed by atoms with van der Waals surface area (Å²) in [4.78, 5) is 11.0. The molecular weight excluding hydrogens is 232 g/mol. The molecule has 0 amide bonds. The minimum atomic E-state index is -0.201. The van der Waals surface area contributed by atoms with Crippen LogP contribution >= 0.6 is 21.6 Å². The Hall–Kier alpha value is -0.130. The number of unbranched alkanes of at least 4 members (excludes halogenated alkanes) is 1. The van der Waals surface area contributed by atoms with Crippen molar-refractivity contribution in [2.24, 2.45) is 0 Å². The minimum absolute atomic E-state index is 0.0908. The Labute approximate surface area is 98.0 Å². The van der Waals surface area contributed by atoms with Gasteiger partial charge in [-0.1, -0.05) is 34.1 Å². The Morgan fingerprint density at radius 2 is 2.33 bits per heavy atom. The molecule has 0 fully saturated rings. The van der Waals surface area contributed by atoms with Gasteiger partial charge < -0.3 is 9.84 Å². The first kappa shape index (κ1) is 12.9. The molecule has 1 rings (SSSR count). The molecule has 1 unspecified atom stereocenters. The number of aliphatic hydroxyl groups excluding tert-OH is 1. The zero-order chi connectivity index (χ0) is 10.9. The Morgan fingerprint density at radius 1 is 1.47 bits per heavy atom. The maximum atomic E-state index is 11.0. The van der Waals surface area contributed by atoms with E-state index < -0.39 is 0 Å². The number of rotatable bonds is 7. The lowest BCUT2D eigenvalue weighted by Crippen LogP contribution is -2.08. The van der Waals surface area contributed by atoms with Gasteiger partial charge in [0, 0.05) is 11.7 Å². The lowest BCUT2D eigenvalue weighted by Gasteiger charge is -2.05. The molecule has 1 atom stereocenters. The number of esters is 1. The van der Waals surface area contributed by atoms with Crippen LogP contribution in [0.3, 0.4) is 0 Å². The third-order valence-corrected chi connectivity index (χ3v) is 4.43. The fourth-order valence-electron chi connectivity index (χ4n) is 1.25. The van der Waals surface area contributed by atoms with E-state index >= 15 is 0 Å². The van der Waals surface area contributed by atoms with Crippen molar-refractivity contribution in [1.82, 2.24) is 0 Å². The molecule has 0 saturated carbocycles. The Bertz CT molecular complexity index is 219. The fourth-order valence-corrected chi connectivity index (χ4v) is 3.51. The zero-order valence-electron chi connectivity index (χ0n) is 8.55. The molecular formula is C10H16O3S2. The van der Waals surface area contributed by atoms with Gasteiger partial charge in [0.2, 0.25) is 0 Å².